The summed E-state index contributed by atoms with van der Waals surface area (Å²) in [4.78, 5) is 29.0. The fourth-order valence-corrected chi connectivity index (χ4v) is 5.84. The maximum Gasteiger partial charge on any atom is 0.243 e. The lowest BCUT2D eigenvalue weighted by molar-refractivity contribution is -0.141. The summed E-state index contributed by atoms with van der Waals surface area (Å²) in [6.07, 6.45) is 2.64. The molecular formula is C32H40ClN3O4S. The summed E-state index contributed by atoms with van der Waals surface area (Å²) in [5.74, 6) is -0.419. The fraction of sp³-hybridized carbons (Fsp3) is 0.375. The molecule has 9 heteroatoms. The van der Waals surface area contributed by atoms with E-state index in [1.807, 2.05) is 68.4 Å². The number of benzene rings is 3. The predicted octanol–water partition coefficient (Wildman–Crippen LogP) is 5.67. The van der Waals surface area contributed by atoms with Crippen LogP contribution in [0, 0.1) is 13.8 Å². The lowest BCUT2D eigenvalue weighted by Crippen LogP contribution is -2.50. The van der Waals surface area contributed by atoms with Crippen LogP contribution in [0.2, 0.25) is 5.02 Å². The molecule has 0 heterocycles. The Balaban J connectivity index is 1.88. The molecule has 3 rings (SSSR count). The number of carbonyl (C=O) groups excluding carboxylic acids is 2. The molecule has 0 aliphatic heterocycles. The van der Waals surface area contributed by atoms with Crippen molar-refractivity contribution in [2.24, 2.45) is 0 Å². The first-order chi connectivity index (χ1) is 19.5. The van der Waals surface area contributed by atoms with Gasteiger partial charge in [-0.15, -0.1) is 0 Å². The quantitative estimate of drug-likeness (QED) is 0.259. The molecule has 220 valence electrons. The molecule has 2 amide bonds. The second-order valence-corrected chi connectivity index (χ2v) is 12.6. The van der Waals surface area contributed by atoms with Crippen molar-refractivity contribution < 1.29 is 18.0 Å². The first-order valence-electron chi connectivity index (χ1n) is 13.9. The summed E-state index contributed by atoms with van der Waals surface area (Å²) in [5.41, 5.74) is 4.11. The second kappa shape index (κ2) is 15.0. The monoisotopic (exact) mass is 597 g/mol. The van der Waals surface area contributed by atoms with E-state index in [0.717, 1.165) is 29.4 Å². The van der Waals surface area contributed by atoms with E-state index in [-0.39, 0.29) is 37.7 Å². The SMILES string of the molecule is CCCNC(=O)[C@H](Cc1ccccc1)N(Cc1ccc(C)cc1)C(=O)CCCN(c1cccc(Cl)c1C)S(C)(=O)=O. The Hall–Kier alpha value is -3.36. The summed E-state index contributed by atoms with van der Waals surface area (Å²) in [7, 11) is -3.62. The van der Waals surface area contributed by atoms with E-state index in [2.05, 4.69) is 5.32 Å². The summed E-state index contributed by atoms with van der Waals surface area (Å²) in [6, 6.07) is 22.0. The molecule has 0 saturated carbocycles. The number of anilines is 1. The Morgan fingerprint density at radius 2 is 1.61 bits per heavy atom. The number of hydrogen-bond acceptors (Lipinski definition) is 4. The number of nitrogens with zero attached hydrogens (tertiary/aromatic N) is 2. The first-order valence-corrected chi connectivity index (χ1v) is 16.1. The highest BCUT2D eigenvalue weighted by Crippen LogP contribution is 2.28. The Kier molecular flexibility index (Phi) is 11.8. The van der Waals surface area contributed by atoms with Crippen LogP contribution < -0.4 is 9.62 Å². The summed E-state index contributed by atoms with van der Waals surface area (Å²) in [6.45, 7) is 6.64. The van der Waals surface area contributed by atoms with Crippen molar-refractivity contribution in [3.8, 4) is 0 Å². The largest absolute Gasteiger partial charge is 0.354 e. The number of nitrogens with one attached hydrogen (secondary N) is 1. The average molecular weight is 598 g/mol. The van der Waals surface area contributed by atoms with Gasteiger partial charge < -0.3 is 10.2 Å². The van der Waals surface area contributed by atoms with Gasteiger partial charge in [0.15, 0.2) is 0 Å². The molecule has 1 atom stereocenters. The summed E-state index contributed by atoms with van der Waals surface area (Å²) >= 11 is 6.27. The normalized spacial score (nSPS) is 12.0. The smallest absolute Gasteiger partial charge is 0.243 e. The van der Waals surface area contributed by atoms with Gasteiger partial charge in [-0.1, -0.05) is 84.8 Å². The Bertz CT molecular complexity index is 1410. The maximum absolute atomic E-state index is 13.9. The minimum Gasteiger partial charge on any atom is -0.354 e. The first kappa shape index (κ1) is 32.2. The topological polar surface area (TPSA) is 86.8 Å². The van der Waals surface area contributed by atoms with E-state index in [9.17, 15) is 18.0 Å². The molecule has 0 saturated heterocycles. The molecule has 0 spiro atoms. The maximum atomic E-state index is 13.9. The van der Waals surface area contributed by atoms with Crippen LogP contribution in [-0.2, 0) is 32.6 Å². The molecule has 0 bridgehead atoms. The van der Waals surface area contributed by atoms with Crippen molar-refractivity contribution in [3.63, 3.8) is 0 Å². The zero-order valence-corrected chi connectivity index (χ0v) is 25.8. The van der Waals surface area contributed by atoms with E-state index >= 15 is 0 Å². The molecule has 7 nitrogen and oxygen atoms in total. The van der Waals surface area contributed by atoms with Crippen LogP contribution in [-0.4, -0.2) is 50.5 Å². The number of amides is 2. The third-order valence-corrected chi connectivity index (χ3v) is 8.54. The van der Waals surface area contributed by atoms with Gasteiger partial charge in [0.25, 0.3) is 0 Å². The van der Waals surface area contributed by atoms with Crippen LogP contribution in [0.25, 0.3) is 0 Å². The molecule has 0 unspecified atom stereocenters. The van der Waals surface area contributed by atoms with Gasteiger partial charge in [-0.25, -0.2) is 8.42 Å². The van der Waals surface area contributed by atoms with Gasteiger partial charge in [0.1, 0.15) is 6.04 Å². The molecular weight excluding hydrogens is 558 g/mol. The van der Waals surface area contributed by atoms with Gasteiger partial charge in [0, 0.05) is 37.5 Å². The molecule has 0 fully saturated rings. The van der Waals surface area contributed by atoms with E-state index in [1.165, 1.54) is 4.31 Å². The molecule has 0 radical (unpaired) electrons. The van der Waals surface area contributed by atoms with Crippen LogP contribution in [0.15, 0.2) is 72.8 Å². The minimum absolute atomic E-state index is 0.0733. The summed E-state index contributed by atoms with van der Waals surface area (Å²) in [5, 5.41) is 3.45. The second-order valence-electron chi connectivity index (χ2n) is 10.3. The van der Waals surface area contributed by atoms with Crippen LogP contribution in [0.3, 0.4) is 0 Å². The zero-order chi connectivity index (χ0) is 30.0. The molecule has 0 aromatic heterocycles. The number of sulfonamides is 1. The highest BCUT2D eigenvalue weighted by Gasteiger charge is 2.30. The third kappa shape index (κ3) is 9.33. The highest BCUT2D eigenvalue weighted by atomic mass is 35.5. The minimum atomic E-state index is -3.62. The lowest BCUT2D eigenvalue weighted by atomic mass is 10.0. The number of rotatable bonds is 14. The molecule has 1 N–H and O–H groups in total. The van der Waals surface area contributed by atoms with Crippen LogP contribution in [0.4, 0.5) is 5.69 Å². The van der Waals surface area contributed by atoms with Crippen LogP contribution in [0.5, 0.6) is 0 Å². The lowest BCUT2D eigenvalue weighted by Gasteiger charge is -2.32. The number of hydrogen-bond donors (Lipinski definition) is 1. The summed E-state index contributed by atoms with van der Waals surface area (Å²) < 4.78 is 26.7. The van der Waals surface area contributed by atoms with Crippen molar-refractivity contribution >= 4 is 39.1 Å². The average Bonchev–Trinajstić information content (AvgIpc) is 2.94. The van der Waals surface area contributed by atoms with E-state index in [4.69, 9.17) is 11.6 Å². The van der Waals surface area contributed by atoms with Gasteiger partial charge in [0.05, 0.1) is 11.9 Å². The van der Waals surface area contributed by atoms with Crippen molar-refractivity contribution in [3.05, 3.63) is 100 Å². The number of halogens is 1. The number of aryl methyl sites for hydroxylation is 1. The van der Waals surface area contributed by atoms with Crippen molar-refractivity contribution in [1.82, 2.24) is 10.2 Å². The van der Waals surface area contributed by atoms with Gasteiger partial charge >= 0.3 is 0 Å². The number of carbonyl (C=O) groups is 2. The van der Waals surface area contributed by atoms with Gasteiger partial charge in [-0.2, -0.15) is 0 Å². The van der Waals surface area contributed by atoms with Crippen molar-refractivity contribution in [2.75, 3.05) is 23.7 Å². The molecule has 41 heavy (non-hydrogen) atoms. The Morgan fingerprint density at radius 3 is 2.24 bits per heavy atom. The van der Waals surface area contributed by atoms with Crippen LogP contribution in [0.1, 0.15) is 48.4 Å². The van der Waals surface area contributed by atoms with E-state index in [0.29, 0.717) is 29.2 Å². The molecule has 3 aromatic rings. The third-order valence-electron chi connectivity index (χ3n) is 6.95. The van der Waals surface area contributed by atoms with Gasteiger partial charge in [-0.3, -0.25) is 13.9 Å². The van der Waals surface area contributed by atoms with Crippen molar-refractivity contribution in [1.29, 1.82) is 0 Å². The van der Waals surface area contributed by atoms with E-state index < -0.39 is 16.1 Å². The zero-order valence-electron chi connectivity index (χ0n) is 24.3. The molecule has 3 aromatic carbocycles. The standard InChI is InChI=1S/C32H40ClN3O4S/c1-5-20-34-32(38)30(22-26-11-7-6-8-12-26)35(23-27-18-16-24(2)17-19-27)31(37)15-10-21-36(41(4,39)40)29-14-9-13-28(33)25(29)3/h6-9,11-14,16-19,30H,5,10,15,20-23H2,1-4H3,(H,34,38)/t30-/m0/s1. The fourth-order valence-electron chi connectivity index (χ4n) is 4.66. The Labute approximate surface area is 249 Å². The van der Waals surface area contributed by atoms with E-state index in [1.54, 1.807) is 30.0 Å². The molecule has 0 aliphatic rings. The highest BCUT2D eigenvalue weighted by molar-refractivity contribution is 7.92. The van der Waals surface area contributed by atoms with Gasteiger partial charge in [-0.05, 0) is 55.5 Å². The molecule has 0 aliphatic carbocycles. The Morgan fingerprint density at radius 1 is 0.927 bits per heavy atom. The van der Waals surface area contributed by atoms with Crippen LogP contribution >= 0.6 is 11.6 Å². The van der Waals surface area contributed by atoms with Gasteiger partial charge in [0.2, 0.25) is 21.8 Å². The predicted molar refractivity (Wildman–Crippen MR) is 167 cm³/mol. The van der Waals surface area contributed by atoms with Crippen molar-refractivity contribution in [2.45, 2.75) is 59.0 Å².